The first-order chi connectivity index (χ1) is 43.7. The largest absolute Gasteiger partial charge is 0.454 e. The minimum absolute atomic E-state index is 0.526. The quantitative estimate of drug-likeness (QED) is 0.151. The van der Waals surface area contributed by atoms with E-state index in [-0.39, 0.29) is 0 Å². The Bertz CT molecular complexity index is 4670. The summed E-state index contributed by atoms with van der Waals surface area (Å²) >= 11 is 0. The molecule has 6 aliphatic rings. The van der Waals surface area contributed by atoms with Crippen LogP contribution in [0.25, 0.3) is 43.9 Å². The van der Waals surface area contributed by atoms with Gasteiger partial charge in [0, 0.05) is 81.1 Å². The molecule has 2 aromatic heterocycles. The third kappa shape index (κ3) is 7.60. The lowest BCUT2D eigenvalue weighted by atomic mass is 9.81. The molecule has 426 valence electrons. The van der Waals surface area contributed by atoms with Crippen molar-refractivity contribution in [1.82, 2.24) is 0 Å². The molecule has 0 saturated heterocycles. The van der Waals surface area contributed by atoms with Gasteiger partial charge >= 0.3 is 0 Å². The van der Waals surface area contributed by atoms with Crippen LogP contribution in [0.4, 0.5) is 68.2 Å². The Hall–Kier alpha value is -9.78. The van der Waals surface area contributed by atoms with Crippen molar-refractivity contribution in [3.05, 3.63) is 274 Å². The van der Waals surface area contributed by atoms with Crippen LogP contribution in [-0.2, 0) is 25.7 Å². The fourth-order valence-corrected chi connectivity index (χ4v) is 17.1. The van der Waals surface area contributed by atoms with Crippen molar-refractivity contribution in [2.75, 3.05) is 19.6 Å². The van der Waals surface area contributed by atoms with Crippen LogP contribution in [-0.4, -0.2) is 0 Å². The Labute approximate surface area is 513 Å². The molecule has 0 amide bonds. The standard InChI is InChI=1S/C82H66N4O2/c1-5-21-51(22-6-1)61-31-17-33-63-65-35-19-39-73(81(65)87-79(61)63)83(59-27-9-3-10-28-59)71-43-41-55-45-57-50-76-58(49-75(57)85-69-37-15-13-25-53(69)47-67(71)77(55)85)46-56-42-44-72(68-48-54-26-14-16-38-70(54)86(76)78(56)68)84(60-29-11-4-12-30-60)74-40-20-36-66-64-34-18-32-62(80(64)88-82(66)74)52-23-7-2-8-24-52/h3-4,9-20,25-44,49-52H,1-2,5-8,21-24,45-48H2. The number of rotatable bonds is 8. The SMILES string of the molecule is c1ccc(N(c2ccc3c4c2Cc2ccccc2N4c2cc4c(cc2C3)N2c3ccccc3Cc3c(N(c5ccccc5)c5cccc6c5oc5c(C7CCCCC7)cccc56)ccc(c32)C4)c2cccc3c2oc2c(C4CCCCC4)cccc23)cc1. The molecule has 6 heterocycles. The Balaban J connectivity index is 0.764. The molecule has 6 nitrogen and oxygen atoms in total. The van der Waals surface area contributed by atoms with Gasteiger partial charge in [-0.25, -0.2) is 0 Å². The zero-order valence-electron chi connectivity index (χ0n) is 49.4. The number of para-hydroxylation sites is 8. The van der Waals surface area contributed by atoms with Crippen molar-refractivity contribution in [2.45, 2.75) is 102 Å². The molecule has 0 radical (unpaired) electrons. The Morgan fingerprint density at radius 2 is 0.693 bits per heavy atom. The summed E-state index contributed by atoms with van der Waals surface area (Å²) in [6, 6.07) is 82.3. The third-order valence-corrected chi connectivity index (χ3v) is 21.0. The van der Waals surface area contributed by atoms with E-state index in [1.807, 2.05) is 0 Å². The molecule has 13 aromatic rings. The highest BCUT2D eigenvalue weighted by Gasteiger charge is 2.40. The fourth-order valence-electron chi connectivity index (χ4n) is 17.1. The number of fused-ring (bicyclic) bond motifs is 14. The van der Waals surface area contributed by atoms with Gasteiger partial charge in [0.05, 0.1) is 45.5 Å². The van der Waals surface area contributed by atoms with Gasteiger partial charge in [-0.05, 0) is 155 Å². The maximum Gasteiger partial charge on any atom is 0.159 e. The van der Waals surface area contributed by atoms with Crippen LogP contribution in [0, 0.1) is 0 Å². The van der Waals surface area contributed by atoms with E-state index in [1.165, 1.54) is 187 Å². The molecule has 6 heteroatoms. The summed E-state index contributed by atoms with van der Waals surface area (Å²) in [4.78, 5) is 10.3. The molecule has 0 unspecified atom stereocenters. The number of nitrogens with zero attached hydrogens (tertiary/aromatic N) is 4. The van der Waals surface area contributed by atoms with Crippen LogP contribution in [0.15, 0.2) is 227 Å². The Kier molecular flexibility index (Phi) is 11.4. The van der Waals surface area contributed by atoms with Crippen molar-refractivity contribution in [1.29, 1.82) is 0 Å². The molecule has 19 rings (SSSR count). The van der Waals surface area contributed by atoms with E-state index in [9.17, 15) is 0 Å². The zero-order valence-corrected chi connectivity index (χ0v) is 49.4. The average molecular weight is 1140 g/mol. The maximum atomic E-state index is 7.29. The lowest BCUT2D eigenvalue weighted by Gasteiger charge is -2.44. The van der Waals surface area contributed by atoms with Gasteiger partial charge in [-0.1, -0.05) is 184 Å². The summed E-state index contributed by atoms with van der Waals surface area (Å²) in [7, 11) is 0. The molecule has 2 aliphatic carbocycles. The summed E-state index contributed by atoms with van der Waals surface area (Å²) in [5, 5.41) is 4.75. The predicted molar refractivity (Wildman–Crippen MR) is 363 cm³/mol. The molecule has 0 bridgehead atoms. The van der Waals surface area contributed by atoms with Crippen LogP contribution < -0.4 is 19.6 Å². The minimum Gasteiger partial charge on any atom is -0.454 e. The lowest BCUT2D eigenvalue weighted by Crippen LogP contribution is -2.29. The first kappa shape index (κ1) is 50.4. The maximum absolute atomic E-state index is 7.29. The van der Waals surface area contributed by atoms with Crippen molar-refractivity contribution < 1.29 is 8.83 Å². The normalized spacial score (nSPS) is 15.9. The molecule has 11 aromatic carbocycles. The Morgan fingerprint density at radius 1 is 0.295 bits per heavy atom. The summed E-state index contributed by atoms with van der Waals surface area (Å²) in [6.07, 6.45) is 15.9. The second kappa shape index (κ2) is 19.9. The van der Waals surface area contributed by atoms with Gasteiger partial charge in [0.2, 0.25) is 0 Å². The van der Waals surface area contributed by atoms with E-state index in [4.69, 9.17) is 8.83 Å². The van der Waals surface area contributed by atoms with Gasteiger partial charge in [-0.15, -0.1) is 0 Å². The van der Waals surface area contributed by atoms with Gasteiger partial charge < -0.3 is 28.4 Å². The van der Waals surface area contributed by atoms with Gasteiger partial charge in [-0.3, -0.25) is 0 Å². The summed E-state index contributed by atoms with van der Waals surface area (Å²) < 4.78 is 14.6. The second-order valence-electron chi connectivity index (χ2n) is 25.9. The van der Waals surface area contributed by atoms with Crippen molar-refractivity contribution in [2.24, 2.45) is 0 Å². The summed E-state index contributed by atoms with van der Waals surface area (Å²) in [5.41, 5.74) is 31.7. The molecule has 0 N–H and O–H groups in total. The topological polar surface area (TPSA) is 39.2 Å². The van der Waals surface area contributed by atoms with E-state index < -0.39 is 0 Å². The first-order valence-electron chi connectivity index (χ1n) is 32.5. The van der Waals surface area contributed by atoms with E-state index in [0.717, 1.165) is 70.8 Å². The monoisotopic (exact) mass is 1140 g/mol. The minimum atomic E-state index is 0.526. The second-order valence-corrected chi connectivity index (χ2v) is 25.9. The molecule has 2 saturated carbocycles. The third-order valence-electron chi connectivity index (χ3n) is 21.0. The lowest BCUT2D eigenvalue weighted by molar-refractivity contribution is 0.442. The highest BCUT2D eigenvalue weighted by atomic mass is 16.3. The van der Waals surface area contributed by atoms with Gasteiger partial charge in [0.15, 0.2) is 11.2 Å². The summed E-state index contributed by atoms with van der Waals surface area (Å²) in [6.45, 7) is 0. The van der Waals surface area contributed by atoms with E-state index in [1.54, 1.807) is 0 Å². The molecule has 0 atom stereocenters. The van der Waals surface area contributed by atoms with Crippen molar-refractivity contribution in [3.8, 4) is 0 Å². The van der Waals surface area contributed by atoms with Gasteiger partial charge in [0.25, 0.3) is 0 Å². The van der Waals surface area contributed by atoms with E-state index >= 15 is 0 Å². The van der Waals surface area contributed by atoms with Crippen molar-refractivity contribution >= 4 is 112 Å². The van der Waals surface area contributed by atoms with E-state index in [2.05, 4.69) is 238 Å². The molecule has 2 fully saturated rings. The molecular weight excluding hydrogens is 1070 g/mol. The number of furan rings is 2. The molecule has 0 spiro atoms. The molecule has 88 heavy (non-hydrogen) atoms. The van der Waals surface area contributed by atoms with Crippen LogP contribution in [0.1, 0.15) is 132 Å². The zero-order chi connectivity index (χ0) is 57.6. The predicted octanol–water partition coefficient (Wildman–Crippen LogP) is 23.1. The average Bonchev–Trinajstić information content (AvgIpc) is 1.05. The number of benzene rings is 11. The smallest absolute Gasteiger partial charge is 0.159 e. The van der Waals surface area contributed by atoms with Gasteiger partial charge in [0.1, 0.15) is 11.2 Å². The molecular formula is C82H66N4O2. The molecule has 4 aliphatic heterocycles. The number of hydrogen-bond acceptors (Lipinski definition) is 6. The van der Waals surface area contributed by atoms with Crippen LogP contribution >= 0.6 is 0 Å². The number of hydrogen-bond donors (Lipinski definition) is 0. The van der Waals surface area contributed by atoms with Crippen molar-refractivity contribution in [3.63, 3.8) is 0 Å². The highest BCUT2D eigenvalue weighted by molar-refractivity contribution is 6.13. The van der Waals surface area contributed by atoms with Crippen LogP contribution in [0.5, 0.6) is 0 Å². The summed E-state index contributed by atoms with van der Waals surface area (Å²) in [5.74, 6) is 1.05. The van der Waals surface area contributed by atoms with Gasteiger partial charge in [-0.2, -0.15) is 0 Å². The highest BCUT2D eigenvalue weighted by Crippen LogP contribution is 2.60. The van der Waals surface area contributed by atoms with Crippen LogP contribution in [0.3, 0.4) is 0 Å². The van der Waals surface area contributed by atoms with Crippen LogP contribution in [0.2, 0.25) is 0 Å². The van der Waals surface area contributed by atoms with E-state index in [0.29, 0.717) is 11.8 Å². The fraction of sp³-hybridized carbons (Fsp3) is 0.195. The first-order valence-corrected chi connectivity index (χ1v) is 32.5. The Morgan fingerprint density at radius 3 is 1.14 bits per heavy atom. The number of anilines is 12.